The van der Waals surface area contributed by atoms with Crippen LogP contribution in [0.4, 0.5) is 0 Å². The maximum absolute atomic E-state index is 10.1. The molecule has 0 rings (SSSR count). The molecule has 0 saturated carbocycles. The van der Waals surface area contributed by atoms with Gasteiger partial charge >= 0.3 is 17.1 Å². The second-order valence-electron chi connectivity index (χ2n) is 3.82. The fraction of sp³-hybridized carbons (Fsp3) is 0.667. The first kappa shape index (κ1) is 33.3. The molecule has 0 aromatic rings. The predicted molar refractivity (Wildman–Crippen MR) is 76.5 cm³/mol. The van der Waals surface area contributed by atoms with Crippen molar-refractivity contribution in [1.82, 2.24) is 0 Å². The molecular formula is C12H24FeN2O8. The van der Waals surface area contributed by atoms with Crippen molar-refractivity contribution >= 4 is 24.4 Å². The Hall–Kier alpha value is -1.36. The minimum absolute atomic E-state index is 0. The number of aliphatic imine (C=N–C) groups is 2. The Morgan fingerprint density at radius 1 is 0.870 bits per heavy atom. The van der Waals surface area contributed by atoms with Crippen LogP contribution >= 0.6 is 0 Å². The normalized spacial score (nSPS) is 14.9. The molecule has 0 aromatic heterocycles. The molecule has 0 aliphatic heterocycles. The molecule has 10 nitrogen and oxygen atoms in total. The van der Waals surface area contributed by atoms with Crippen LogP contribution in [-0.2, 0) is 26.7 Å². The number of hydrogen-bond donors (Lipinski definition) is 2. The van der Waals surface area contributed by atoms with Gasteiger partial charge in [-0.2, -0.15) is 0 Å². The summed E-state index contributed by atoms with van der Waals surface area (Å²) in [6.07, 6.45) is 0.655. The van der Waals surface area contributed by atoms with Gasteiger partial charge < -0.3 is 41.0 Å². The van der Waals surface area contributed by atoms with E-state index in [1.165, 1.54) is 26.3 Å². The van der Waals surface area contributed by atoms with E-state index in [0.717, 1.165) is 0 Å². The monoisotopic (exact) mass is 380 g/mol. The first-order valence-corrected chi connectivity index (χ1v) is 5.92. The number of rotatable bonds is 6. The van der Waals surface area contributed by atoms with Crippen LogP contribution in [0.5, 0.6) is 0 Å². The summed E-state index contributed by atoms with van der Waals surface area (Å²) in [6, 6.07) is -2.27. The van der Waals surface area contributed by atoms with E-state index in [9.17, 15) is 19.8 Å². The van der Waals surface area contributed by atoms with Gasteiger partial charge in [-0.1, -0.05) is 0 Å². The maximum atomic E-state index is 10.1. The Bertz CT molecular complexity index is 327. The quantitative estimate of drug-likeness (QED) is 0.342. The minimum Gasteiger partial charge on any atom is -0.548 e. The van der Waals surface area contributed by atoms with Crippen molar-refractivity contribution in [2.24, 2.45) is 9.98 Å². The summed E-state index contributed by atoms with van der Waals surface area (Å²) in [7, 11) is 0. The van der Waals surface area contributed by atoms with Crippen LogP contribution in [-0.4, -0.2) is 69.8 Å². The Morgan fingerprint density at radius 3 is 1.13 bits per heavy atom. The summed E-state index contributed by atoms with van der Waals surface area (Å²) in [5.74, 6) is -2.71. The second-order valence-corrected chi connectivity index (χ2v) is 3.82. The van der Waals surface area contributed by atoms with E-state index in [2.05, 4.69) is 9.98 Å². The van der Waals surface area contributed by atoms with Gasteiger partial charge in [0, 0.05) is 0 Å². The van der Waals surface area contributed by atoms with Crippen molar-refractivity contribution in [3.05, 3.63) is 0 Å². The van der Waals surface area contributed by atoms with Gasteiger partial charge in [-0.05, 0) is 40.1 Å². The third kappa shape index (κ3) is 16.8. The Kier molecular flexibility index (Phi) is 27.1. The summed E-state index contributed by atoms with van der Waals surface area (Å²) in [5.41, 5.74) is 0. The van der Waals surface area contributed by atoms with Gasteiger partial charge in [0.25, 0.3) is 0 Å². The molecule has 0 aliphatic rings. The van der Waals surface area contributed by atoms with Crippen LogP contribution in [0.25, 0.3) is 0 Å². The molecule has 0 heterocycles. The maximum Gasteiger partial charge on any atom is 2.00 e. The number of carbonyl (C=O) groups is 2. The van der Waals surface area contributed by atoms with Crippen molar-refractivity contribution < 1.29 is 58.0 Å². The van der Waals surface area contributed by atoms with Crippen molar-refractivity contribution in [1.29, 1.82) is 0 Å². The molecule has 0 saturated heterocycles. The Morgan fingerprint density at radius 2 is 1.09 bits per heavy atom. The average molecular weight is 380 g/mol. The molecule has 11 heteroatoms. The zero-order valence-electron chi connectivity index (χ0n) is 13.2. The van der Waals surface area contributed by atoms with E-state index in [0.29, 0.717) is 0 Å². The molecule has 0 unspecified atom stereocenters. The third-order valence-corrected chi connectivity index (χ3v) is 2.02. The topological polar surface area (TPSA) is 208 Å². The number of carboxylic acids is 2. The van der Waals surface area contributed by atoms with E-state index in [1.54, 1.807) is 13.8 Å². The number of aliphatic carboxylic acids is 2. The second kappa shape index (κ2) is 18.7. The molecule has 4 atom stereocenters. The zero-order valence-corrected chi connectivity index (χ0v) is 14.3. The molecule has 23 heavy (non-hydrogen) atoms. The molecule has 0 aliphatic carbocycles. The van der Waals surface area contributed by atoms with Crippen molar-refractivity contribution in [3.63, 3.8) is 0 Å². The zero-order chi connectivity index (χ0) is 16.3. The Labute approximate surface area is 145 Å². The number of nitrogens with zero attached hydrogens (tertiary/aromatic N) is 2. The van der Waals surface area contributed by atoms with Gasteiger partial charge in [0.2, 0.25) is 0 Å². The Balaban J connectivity index is -0.0000000831. The SMILES string of the molecule is CC=N[C@H](C(=O)[O-])[C@@H](C)O.CC=N[C@H](C(=O)[O-])[C@@H](C)O.O.O.[Fe+2]. The van der Waals surface area contributed by atoms with Gasteiger partial charge in [-0.25, -0.2) is 0 Å². The summed E-state index contributed by atoms with van der Waals surface area (Å²) in [5, 5.41) is 37.9. The van der Waals surface area contributed by atoms with Crippen molar-refractivity contribution in [2.45, 2.75) is 52.0 Å². The molecule has 0 bridgehead atoms. The van der Waals surface area contributed by atoms with E-state index in [-0.39, 0.29) is 28.0 Å². The number of hydrogen-bond acceptors (Lipinski definition) is 8. The summed E-state index contributed by atoms with van der Waals surface area (Å²) in [4.78, 5) is 27.3. The molecule has 0 amide bonds. The van der Waals surface area contributed by atoms with E-state index in [4.69, 9.17) is 10.2 Å². The number of carboxylic acid groups (broad SMARTS) is 2. The van der Waals surface area contributed by atoms with Gasteiger partial charge in [-0.3, -0.25) is 9.98 Å². The van der Waals surface area contributed by atoms with Crippen LogP contribution in [0.1, 0.15) is 27.7 Å². The van der Waals surface area contributed by atoms with Crippen LogP contribution in [0.15, 0.2) is 9.98 Å². The van der Waals surface area contributed by atoms with Crippen molar-refractivity contribution in [2.75, 3.05) is 0 Å². The standard InChI is InChI=1S/2C6H11NO3.Fe.2H2O/c2*1-3-7-5(4(2)8)6(9)10;;;/h2*3-5,8H,1-2H3,(H,9,10);;2*1H2/q;;+2;;/p-2/t2*4-,5+;;;/m11.../s1. The number of aliphatic hydroxyl groups excluding tert-OH is 2. The van der Waals surface area contributed by atoms with Crippen LogP contribution in [0.2, 0.25) is 0 Å². The molecule has 0 aromatic carbocycles. The molecule has 0 radical (unpaired) electrons. The average Bonchev–Trinajstić information content (AvgIpc) is 2.32. The van der Waals surface area contributed by atoms with Crippen LogP contribution < -0.4 is 10.2 Å². The first-order valence-electron chi connectivity index (χ1n) is 5.92. The summed E-state index contributed by atoms with van der Waals surface area (Å²) < 4.78 is 0. The van der Waals surface area contributed by atoms with E-state index in [1.807, 2.05) is 0 Å². The summed E-state index contributed by atoms with van der Waals surface area (Å²) in [6.45, 7) is 5.87. The first-order chi connectivity index (χ1) is 9.18. The molecule has 0 spiro atoms. The van der Waals surface area contributed by atoms with Gasteiger partial charge in [0.15, 0.2) is 0 Å². The van der Waals surface area contributed by atoms with Crippen LogP contribution in [0.3, 0.4) is 0 Å². The van der Waals surface area contributed by atoms with E-state index >= 15 is 0 Å². The molecule has 6 N–H and O–H groups in total. The fourth-order valence-corrected chi connectivity index (χ4v) is 1.09. The molecule has 138 valence electrons. The smallest absolute Gasteiger partial charge is 0.548 e. The van der Waals surface area contributed by atoms with Gasteiger partial charge in [0.1, 0.15) is 12.1 Å². The largest absolute Gasteiger partial charge is 2.00 e. The number of aliphatic hydroxyl groups is 2. The van der Waals surface area contributed by atoms with Crippen molar-refractivity contribution in [3.8, 4) is 0 Å². The molecule has 0 fully saturated rings. The summed E-state index contributed by atoms with van der Waals surface area (Å²) >= 11 is 0. The van der Waals surface area contributed by atoms with Gasteiger partial charge in [0.05, 0.1) is 24.1 Å². The van der Waals surface area contributed by atoms with Crippen LogP contribution in [0, 0.1) is 0 Å². The number of carbonyl (C=O) groups excluding carboxylic acids is 2. The third-order valence-electron chi connectivity index (χ3n) is 2.02. The van der Waals surface area contributed by atoms with Gasteiger partial charge in [-0.15, -0.1) is 0 Å². The predicted octanol–water partition coefficient (Wildman–Crippen LogP) is -4.50. The molecular weight excluding hydrogens is 356 g/mol. The fourth-order valence-electron chi connectivity index (χ4n) is 1.09. The minimum atomic E-state index is -1.35. The van der Waals surface area contributed by atoms with E-state index < -0.39 is 36.2 Å².